The number of imidazole rings is 1. The molecule has 2 heterocycles. The summed E-state index contributed by atoms with van der Waals surface area (Å²) in [5, 5.41) is 14.6. The molecule has 0 saturated carbocycles. The molecule has 0 aliphatic carbocycles. The maximum atomic E-state index is 13.4. The van der Waals surface area contributed by atoms with Crippen LogP contribution in [0.2, 0.25) is 0 Å². The van der Waals surface area contributed by atoms with Crippen molar-refractivity contribution in [1.82, 2.24) is 14.9 Å². The van der Waals surface area contributed by atoms with Gasteiger partial charge in [0.1, 0.15) is 6.61 Å². The molecule has 2 aromatic carbocycles. The van der Waals surface area contributed by atoms with Gasteiger partial charge >= 0.3 is 11.9 Å². The van der Waals surface area contributed by atoms with Crippen LogP contribution in [0.5, 0.6) is 0 Å². The van der Waals surface area contributed by atoms with E-state index >= 15 is 0 Å². The quantitative estimate of drug-likeness (QED) is 0.203. The van der Waals surface area contributed by atoms with E-state index in [1.807, 2.05) is 41.1 Å². The third-order valence-corrected chi connectivity index (χ3v) is 6.48. The fourth-order valence-corrected chi connectivity index (χ4v) is 4.67. The Kier molecular flexibility index (Phi) is 9.13. The van der Waals surface area contributed by atoms with Gasteiger partial charge in [0.05, 0.1) is 34.4 Å². The zero-order valence-corrected chi connectivity index (χ0v) is 23.4. The van der Waals surface area contributed by atoms with Gasteiger partial charge in [-0.1, -0.05) is 42.5 Å². The molecule has 0 fully saturated rings. The van der Waals surface area contributed by atoms with E-state index in [2.05, 4.69) is 10.3 Å². The molecule has 3 aromatic rings. The highest BCUT2D eigenvalue weighted by Crippen LogP contribution is 2.40. The molecule has 212 valence electrons. The predicted molar refractivity (Wildman–Crippen MR) is 153 cm³/mol. The number of nitrogens with zero attached hydrogens (tertiary/aromatic N) is 3. The number of carbonyl (C=O) groups excluding carboxylic acids is 2. The fourth-order valence-electron chi connectivity index (χ4n) is 4.67. The third kappa shape index (κ3) is 7.16. The lowest BCUT2D eigenvalue weighted by Gasteiger charge is -2.30. The Morgan fingerprint density at radius 3 is 2.44 bits per heavy atom. The maximum absolute atomic E-state index is 13.4. The monoisotopic (exact) mass is 556 g/mol. The van der Waals surface area contributed by atoms with Crippen LogP contribution in [0.3, 0.4) is 0 Å². The van der Waals surface area contributed by atoms with Crippen LogP contribution in [0.25, 0.3) is 6.08 Å². The first-order valence-corrected chi connectivity index (χ1v) is 13.2. The highest BCUT2D eigenvalue weighted by molar-refractivity contribution is 6.00. The Morgan fingerprint density at radius 2 is 1.80 bits per heavy atom. The zero-order valence-electron chi connectivity index (χ0n) is 23.4. The van der Waals surface area contributed by atoms with Crippen LogP contribution in [0.4, 0.5) is 5.69 Å². The van der Waals surface area contributed by atoms with Crippen LogP contribution in [-0.4, -0.2) is 39.1 Å². The van der Waals surface area contributed by atoms with E-state index < -0.39 is 28.9 Å². The van der Waals surface area contributed by atoms with E-state index in [-0.39, 0.29) is 23.4 Å². The summed E-state index contributed by atoms with van der Waals surface area (Å²) >= 11 is 0. The van der Waals surface area contributed by atoms with Gasteiger partial charge in [0, 0.05) is 42.5 Å². The van der Waals surface area contributed by atoms with Crippen molar-refractivity contribution in [3.8, 4) is 0 Å². The standard InChI is InChI=1S/C31H32N4O6/c1-20(2)41-31(37)28-22(4)33-21(3)27(29(28)25-8-5-9-26(17-25)35(38)39)30(36)40-16-6-7-23-10-12-24(13-11-23)18-34-15-14-32-19-34/h5-15,17,19-20,29,33H,16,18H2,1-4H3. The van der Waals surface area contributed by atoms with Gasteiger partial charge in [-0.05, 0) is 50.5 Å². The molecule has 4 rings (SSSR count). The largest absolute Gasteiger partial charge is 0.460 e. The summed E-state index contributed by atoms with van der Waals surface area (Å²) in [6, 6.07) is 13.9. The summed E-state index contributed by atoms with van der Waals surface area (Å²) in [7, 11) is 0. The number of hydrogen-bond acceptors (Lipinski definition) is 8. The number of allylic oxidation sites excluding steroid dienone is 2. The van der Waals surface area contributed by atoms with Gasteiger partial charge < -0.3 is 19.4 Å². The van der Waals surface area contributed by atoms with Gasteiger partial charge in [-0.15, -0.1) is 0 Å². The van der Waals surface area contributed by atoms with Gasteiger partial charge in [0.15, 0.2) is 0 Å². The Hall–Kier alpha value is -4.99. The molecule has 1 unspecified atom stereocenters. The number of carbonyl (C=O) groups is 2. The second kappa shape index (κ2) is 12.9. The highest BCUT2D eigenvalue weighted by atomic mass is 16.6. The molecular weight excluding hydrogens is 524 g/mol. The van der Waals surface area contributed by atoms with Crippen molar-refractivity contribution in [2.75, 3.05) is 6.61 Å². The summed E-state index contributed by atoms with van der Waals surface area (Å²) in [6.07, 6.45) is 8.58. The van der Waals surface area contributed by atoms with Crippen LogP contribution in [0.15, 0.2) is 95.9 Å². The normalized spacial score (nSPS) is 15.3. The summed E-state index contributed by atoms with van der Waals surface area (Å²) < 4.78 is 13.1. The minimum absolute atomic E-state index is 0.0114. The zero-order chi connectivity index (χ0) is 29.5. The SMILES string of the molecule is CC1=C(C(=O)OCC=Cc2ccc(Cn3ccnc3)cc2)C(c2cccc([N+](=O)[O-])c2)C(C(=O)OC(C)C)=C(C)N1. The molecule has 10 nitrogen and oxygen atoms in total. The van der Waals surface area contributed by atoms with Crippen molar-refractivity contribution < 1.29 is 24.0 Å². The number of benzene rings is 2. The van der Waals surface area contributed by atoms with E-state index in [0.29, 0.717) is 17.0 Å². The van der Waals surface area contributed by atoms with Crippen molar-refractivity contribution >= 4 is 23.7 Å². The van der Waals surface area contributed by atoms with Crippen molar-refractivity contribution in [2.24, 2.45) is 0 Å². The summed E-state index contributed by atoms with van der Waals surface area (Å²) in [5.74, 6) is -2.17. The first-order chi connectivity index (χ1) is 19.6. The third-order valence-electron chi connectivity index (χ3n) is 6.48. The lowest BCUT2D eigenvalue weighted by molar-refractivity contribution is -0.384. The molecule has 0 bridgehead atoms. The van der Waals surface area contributed by atoms with Crippen LogP contribution < -0.4 is 5.32 Å². The molecule has 1 N–H and O–H groups in total. The summed E-state index contributed by atoms with van der Waals surface area (Å²) in [4.78, 5) is 41.7. The van der Waals surface area contributed by atoms with Gasteiger partial charge in [0.2, 0.25) is 0 Å². The van der Waals surface area contributed by atoms with E-state index in [4.69, 9.17) is 9.47 Å². The number of hydrogen-bond donors (Lipinski definition) is 1. The van der Waals surface area contributed by atoms with Gasteiger partial charge in [0.25, 0.3) is 5.69 Å². The van der Waals surface area contributed by atoms with Gasteiger partial charge in [-0.25, -0.2) is 14.6 Å². The number of aromatic nitrogens is 2. The first kappa shape index (κ1) is 29.0. The van der Waals surface area contributed by atoms with Crippen molar-refractivity contribution in [1.29, 1.82) is 0 Å². The molecular formula is C31H32N4O6. The van der Waals surface area contributed by atoms with Gasteiger partial charge in [-0.2, -0.15) is 0 Å². The summed E-state index contributed by atoms with van der Waals surface area (Å²) in [6.45, 7) is 7.57. The summed E-state index contributed by atoms with van der Waals surface area (Å²) in [5.41, 5.74) is 3.69. The Bertz CT molecular complexity index is 1520. The number of esters is 2. The number of nitro groups is 1. The second-order valence-electron chi connectivity index (χ2n) is 9.92. The lowest BCUT2D eigenvalue weighted by Crippen LogP contribution is -2.33. The van der Waals surface area contributed by atoms with E-state index in [1.54, 1.807) is 52.4 Å². The number of non-ortho nitro benzene ring substituents is 1. The number of nitro benzene ring substituents is 1. The molecule has 1 aromatic heterocycles. The average molecular weight is 557 g/mol. The van der Waals surface area contributed by atoms with E-state index in [0.717, 1.165) is 17.7 Å². The molecule has 10 heteroatoms. The molecule has 1 aliphatic heterocycles. The maximum Gasteiger partial charge on any atom is 0.337 e. The highest BCUT2D eigenvalue weighted by Gasteiger charge is 2.38. The number of rotatable bonds is 10. The van der Waals surface area contributed by atoms with Crippen molar-refractivity contribution in [2.45, 2.75) is 46.3 Å². The van der Waals surface area contributed by atoms with Crippen molar-refractivity contribution in [3.63, 3.8) is 0 Å². The van der Waals surface area contributed by atoms with Crippen LogP contribution in [0, 0.1) is 10.1 Å². The van der Waals surface area contributed by atoms with Crippen molar-refractivity contribution in [3.05, 3.63) is 123 Å². The number of dihydropyridines is 1. The lowest BCUT2D eigenvalue weighted by atomic mass is 9.80. The van der Waals surface area contributed by atoms with Crippen LogP contribution >= 0.6 is 0 Å². The molecule has 0 spiro atoms. The fraction of sp³-hybridized carbons (Fsp3) is 0.258. The minimum atomic E-state index is -0.915. The second-order valence-corrected chi connectivity index (χ2v) is 9.92. The number of ether oxygens (including phenoxy) is 2. The molecule has 0 amide bonds. The Labute approximate surface area is 238 Å². The molecule has 41 heavy (non-hydrogen) atoms. The van der Waals surface area contributed by atoms with Crippen LogP contribution in [0.1, 0.15) is 50.3 Å². The minimum Gasteiger partial charge on any atom is -0.460 e. The Balaban J connectivity index is 1.53. The molecule has 1 atom stereocenters. The Morgan fingerprint density at radius 1 is 1.10 bits per heavy atom. The first-order valence-electron chi connectivity index (χ1n) is 13.2. The average Bonchev–Trinajstić information content (AvgIpc) is 3.44. The van der Waals surface area contributed by atoms with E-state index in [9.17, 15) is 19.7 Å². The van der Waals surface area contributed by atoms with E-state index in [1.165, 1.54) is 18.2 Å². The molecule has 0 saturated heterocycles. The topological polar surface area (TPSA) is 126 Å². The van der Waals surface area contributed by atoms with Gasteiger partial charge in [-0.3, -0.25) is 10.1 Å². The predicted octanol–water partition coefficient (Wildman–Crippen LogP) is 5.28. The molecule has 0 radical (unpaired) electrons. The smallest absolute Gasteiger partial charge is 0.337 e. The van der Waals surface area contributed by atoms with Crippen LogP contribution in [-0.2, 0) is 25.6 Å². The number of nitrogens with one attached hydrogen (secondary N) is 1. The molecule has 1 aliphatic rings.